The quantitative estimate of drug-likeness (QED) is 0.568. The van der Waals surface area contributed by atoms with Crippen molar-refractivity contribution in [3.05, 3.63) is 77.7 Å². The summed E-state index contributed by atoms with van der Waals surface area (Å²) in [6, 6.07) is 18.4. The fourth-order valence-corrected chi connectivity index (χ4v) is 2.75. The number of halogens is 1. The highest BCUT2D eigenvalue weighted by molar-refractivity contribution is 5.77. The number of nitrogens with zero attached hydrogens (tertiary/aromatic N) is 1. The average Bonchev–Trinajstić information content (AvgIpc) is 2.62. The number of pyridine rings is 1. The van der Waals surface area contributed by atoms with E-state index in [1.165, 1.54) is 12.1 Å². The second-order valence-electron chi connectivity index (χ2n) is 5.99. The van der Waals surface area contributed by atoms with Crippen molar-refractivity contribution in [1.29, 1.82) is 0 Å². The van der Waals surface area contributed by atoms with Crippen LogP contribution >= 0.6 is 0 Å². The largest absolute Gasteiger partial charge is 0.251 e. The molecule has 118 valence electrons. The van der Waals surface area contributed by atoms with Crippen molar-refractivity contribution >= 4 is 0 Å². The maximum Gasteiger partial charge on any atom is 0.123 e. The molecule has 0 atom stereocenters. The van der Waals surface area contributed by atoms with Crippen LogP contribution in [0, 0.1) is 18.2 Å². The van der Waals surface area contributed by atoms with Crippen LogP contribution in [0.1, 0.15) is 31.0 Å². The maximum absolute atomic E-state index is 13.3. The van der Waals surface area contributed by atoms with Gasteiger partial charge in [0.1, 0.15) is 5.82 Å². The molecule has 0 spiro atoms. The summed E-state index contributed by atoms with van der Waals surface area (Å²) < 4.78 is 13.3. The normalized spacial score (nSPS) is 10.6. The van der Waals surface area contributed by atoms with Crippen LogP contribution in [0.4, 0.5) is 4.39 Å². The summed E-state index contributed by atoms with van der Waals surface area (Å²) >= 11 is 0. The molecule has 2 aromatic carbocycles. The lowest BCUT2D eigenvalue weighted by atomic mass is 9.93. The lowest BCUT2D eigenvalue weighted by molar-refractivity contribution is 0.628. The third-order valence-electron chi connectivity index (χ3n) is 3.96. The lowest BCUT2D eigenvalue weighted by Gasteiger charge is -2.15. The molecule has 1 heterocycles. The molecule has 0 radical (unpaired) electrons. The Labute approximate surface area is 142 Å². The lowest BCUT2D eigenvalue weighted by Crippen LogP contribution is -2.02. The zero-order valence-electron chi connectivity index (χ0n) is 13.8. The summed E-state index contributed by atoms with van der Waals surface area (Å²) in [5.41, 5.74) is 5.37. The van der Waals surface area contributed by atoms with Gasteiger partial charge in [0.2, 0.25) is 0 Å². The first-order chi connectivity index (χ1) is 11.6. The molecule has 3 aromatic rings. The summed E-state index contributed by atoms with van der Waals surface area (Å²) in [4.78, 5) is 4.80. The van der Waals surface area contributed by atoms with Gasteiger partial charge in [-0.05, 0) is 29.7 Å². The SMILES string of the molecule is C#Cc1c(-c2ccc(F)cc2)cc(-c2ccccc2)nc1C(C)C. The van der Waals surface area contributed by atoms with Gasteiger partial charge in [-0.3, -0.25) is 4.98 Å². The summed E-state index contributed by atoms with van der Waals surface area (Å²) in [7, 11) is 0. The zero-order valence-corrected chi connectivity index (χ0v) is 13.8. The van der Waals surface area contributed by atoms with Gasteiger partial charge in [0.25, 0.3) is 0 Å². The highest BCUT2D eigenvalue weighted by atomic mass is 19.1. The van der Waals surface area contributed by atoms with E-state index in [0.717, 1.165) is 33.6 Å². The third-order valence-corrected chi connectivity index (χ3v) is 3.96. The van der Waals surface area contributed by atoms with Crippen LogP contribution in [0.2, 0.25) is 0 Å². The van der Waals surface area contributed by atoms with Crippen molar-refractivity contribution in [3.63, 3.8) is 0 Å². The molecule has 1 nitrogen and oxygen atoms in total. The second kappa shape index (κ2) is 6.68. The molecule has 0 N–H and O–H groups in total. The van der Waals surface area contributed by atoms with E-state index in [1.54, 1.807) is 12.1 Å². The van der Waals surface area contributed by atoms with Crippen molar-refractivity contribution in [2.24, 2.45) is 0 Å². The molecule has 2 heteroatoms. The number of aromatic nitrogens is 1. The fourth-order valence-electron chi connectivity index (χ4n) is 2.75. The Balaban J connectivity index is 2.28. The minimum absolute atomic E-state index is 0.193. The van der Waals surface area contributed by atoms with Gasteiger partial charge in [0.05, 0.1) is 17.0 Å². The molecule has 3 rings (SSSR count). The van der Waals surface area contributed by atoms with Gasteiger partial charge in [-0.15, -0.1) is 6.42 Å². The molecule has 0 aliphatic rings. The van der Waals surface area contributed by atoms with E-state index in [4.69, 9.17) is 11.4 Å². The number of terminal acetylenes is 1. The number of rotatable bonds is 3. The maximum atomic E-state index is 13.3. The minimum atomic E-state index is -0.262. The van der Waals surface area contributed by atoms with Crippen LogP contribution in [-0.2, 0) is 0 Å². The monoisotopic (exact) mass is 315 g/mol. The first kappa shape index (κ1) is 16.0. The highest BCUT2D eigenvalue weighted by Crippen LogP contribution is 2.32. The van der Waals surface area contributed by atoms with E-state index >= 15 is 0 Å². The van der Waals surface area contributed by atoms with Gasteiger partial charge in [0, 0.05) is 11.1 Å². The summed E-state index contributed by atoms with van der Waals surface area (Å²) in [5.74, 6) is 2.71. The molecule has 0 aliphatic carbocycles. The smallest absolute Gasteiger partial charge is 0.123 e. The standard InChI is InChI=1S/C22H18FN/c1-4-19-20(16-10-12-18(23)13-11-16)14-21(24-22(19)15(2)3)17-8-6-5-7-9-17/h1,5-15H,2-3H3. The van der Waals surface area contributed by atoms with Crippen molar-refractivity contribution in [2.75, 3.05) is 0 Å². The molecule has 24 heavy (non-hydrogen) atoms. The van der Waals surface area contributed by atoms with Crippen LogP contribution < -0.4 is 0 Å². The second-order valence-corrected chi connectivity index (χ2v) is 5.99. The Morgan fingerprint density at radius 1 is 0.958 bits per heavy atom. The number of hydrogen-bond acceptors (Lipinski definition) is 1. The van der Waals surface area contributed by atoms with Crippen LogP contribution in [-0.4, -0.2) is 4.98 Å². The van der Waals surface area contributed by atoms with Crippen LogP contribution in [0.5, 0.6) is 0 Å². The molecule has 0 fully saturated rings. The van der Waals surface area contributed by atoms with Crippen LogP contribution in [0.3, 0.4) is 0 Å². The van der Waals surface area contributed by atoms with Crippen molar-refractivity contribution in [1.82, 2.24) is 4.98 Å². The topological polar surface area (TPSA) is 12.9 Å². The Bertz CT molecular complexity index is 888. The summed E-state index contributed by atoms with van der Waals surface area (Å²) in [5, 5.41) is 0. The number of hydrogen-bond donors (Lipinski definition) is 0. The van der Waals surface area contributed by atoms with Gasteiger partial charge in [-0.25, -0.2) is 4.39 Å². The Morgan fingerprint density at radius 3 is 2.21 bits per heavy atom. The van der Waals surface area contributed by atoms with Crippen LogP contribution in [0.25, 0.3) is 22.4 Å². The predicted octanol–water partition coefficient (Wildman–Crippen LogP) is 5.66. The van der Waals surface area contributed by atoms with Gasteiger partial charge in [-0.2, -0.15) is 0 Å². The zero-order chi connectivity index (χ0) is 17.1. The van der Waals surface area contributed by atoms with E-state index in [-0.39, 0.29) is 11.7 Å². The number of benzene rings is 2. The summed E-state index contributed by atoms with van der Waals surface area (Å²) in [6.07, 6.45) is 5.78. The molecule has 0 aliphatic heterocycles. The molecule has 0 unspecified atom stereocenters. The molecular formula is C22H18FN. The van der Waals surface area contributed by atoms with E-state index in [2.05, 4.69) is 19.8 Å². The molecule has 0 bridgehead atoms. The predicted molar refractivity (Wildman–Crippen MR) is 97.1 cm³/mol. The summed E-state index contributed by atoms with van der Waals surface area (Å²) in [6.45, 7) is 4.15. The van der Waals surface area contributed by atoms with Crippen molar-refractivity contribution in [2.45, 2.75) is 19.8 Å². The van der Waals surface area contributed by atoms with Gasteiger partial charge < -0.3 is 0 Å². The highest BCUT2D eigenvalue weighted by Gasteiger charge is 2.16. The first-order valence-corrected chi connectivity index (χ1v) is 7.93. The van der Waals surface area contributed by atoms with Gasteiger partial charge >= 0.3 is 0 Å². The first-order valence-electron chi connectivity index (χ1n) is 7.93. The third kappa shape index (κ3) is 3.07. The molecule has 1 aromatic heterocycles. The fraction of sp³-hybridized carbons (Fsp3) is 0.136. The molecule has 0 saturated heterocycles. The van der Waals surface area contributed by atoms with Gasteiger partial charge in [-0.1, -0.05) is 62.2 Å². The Morgan fingerprint density at radius 2 is 1.62 bits per heavy atom. The Kier molecular flexibility index (Phi) is 4.44. The minimum Gasteiger partial charge on any atom is -0.251 e. The van der Waals surface area contributed by atoms with Crippen molar-refractivity contribution < 1.29 is 4.39 Å². The average molecular weight is 315 g/mol. The van der Waals surface area contributed by atoms with Crippen molar-refractivity contribution in [3.8, 4) is 34.7 Å². The van der Waals surface area contributed by atoms with E-state index in [1.807, 2.05) is 36.4 Å². The molecule has 0 saturated carbocycles. The van der Waals surface area contributed by atoms with E-state index in [9.17, 15) is 4.39 Å². The van der Waals surface area contributed by atoms with E-state index in [0.29, 0.717) is 0 Å². The van der Waals surface area contributed by atoms with Gasteiger partial charge in [0.15, 0.2) is 0 Å². The van der Waals surface area contributed by atoms with E-state index < -0.39 is 0 Å². The molecule has 0 amide bonds. The van der Waals surface area contributed by atoms with Crippen LogP contribution in [0.15, 0.2) is 60.7 Å². The molecular weight excluding hydrogens is 297 g/mol. The Hall–Kier alpha value is -2.92.